The molecule has 6 heteroatoms. The topological polar surface area (TPSA) is 102 Å². The molecule has 0 aliphatic carbocycles. The van der Waals surface area contributed by atoms with E-state index in [9.17, 15) is 14.7 Å². The van der Waals surface area contributed by atoms with Gasteiger partial charge in [-0.2, -0.15) is 0 Å². The van der Waals surface area contributed by atoms with E-state index < -0.39 is 17.4 Å². The fourth-order valence-electron chi connectivity index (χ4n) is 1.94. The smallest absolute Gasteiger partial charge is 0.331 e. The molecule has 0 aromatic heterocycles. The third-order valence-corrected chi connectivity index (χ3v) is 3.16. The van der Waals surface area contributed by atoms with Crippen LogP contribution in [0.1, 0.15) is 12.0 Å². The highest BCUT2D eigenvalue weighted by Gasteiger charge is 2.43. The SMILES string of the molecule is Nc1ccc(/C=C/C(=O)NC2(C(=O)O)CCOC2)cc1. The molecule has 1 aliphatic heterocycles. The molecule has 6 nitrogen and oxygen atoms in total. The van der Waals surface area contributed by atoms with Crippen LogP contribution in [0.4, 0.5) is 5.69 Å². The molecule has 1 saturated heterocycles. The number of nitrogens with two attached hydrogens (primary N) is 1. The molecule has 2 rings (SSSR count). The standard InChI is InChI=1S/C14H16N2O4/c15-11-4-1-10(2-5-11)3-6-12(17)16-14(13(18)19)7-8-20-9-14/h1-6H,7-9,15H2,(H,16,17)(H,18,19)/b6-3+. The Morgan fingerprint density at radius 2 is 2.05 bits per heavy atom. The van der Waals surface area contributed by atoms with Gasteiger partial charge in [0.25, 0.3) is 0 Å². The minimum atomic E-state index is -1.32. The molecule has 4 N–H and O–H groups in total. The lowest BCUT2D eigenvalue weighted by atomic mass is 9.99. The summed E-state index contributed by atoms with van der Waals surface area (Å²) in [6, 6.07) is 6.98. The summed E-state index contributed by atoms with van der Waals surface area (Å²) in [5, 5.41) is 11.7. The summed E-state index contributed by atoms with van der Waals surface area (Å²) < 4.78 is 5.07. The van der Waals surface area contributed by atoms with E-state index in [1.165, 1.54) is 6.08 Å². The highest BCUT2D eigenvalue weighted by Crippen LogP contribution is 2.19. The van der Waals surface area contributed by atoms with Gasteiger partial charge in [0.2, 0.25) is 5.91 Å². The maximum atomic E-state index is 11.8. The number of hydrogen-bond acceptors (Lipinski definition) is 4. The molecular formula is C14H16N2O4. The van der Waals surface area contributed by atoms with Crippen molar-refractivity contribution in [2.45, 2.75) is 12.0 Å². The zero-order valence-electron chi connectivity index (χ0n) is 10.8. The Morgan fingerprint density at radius 1 is 1.35 bits per heavy atom. The number of ether oxygens (including phenoxy) is 1. The van der Waals surface area contributed by atoms with E-state index in [0.29, 0.717) is 12.3 Å². The van der Waals surface area contributed by atoms with Crippen molar-refractivity contribution in [3.05, 3.63) is 35.9 Å². The van der Waals surface area contributed by atoms with Gasteiger partial charge in [-0.1, -0.05) is 12.1 Å². The molecule has 0 spiro atoms. The van der Waals surface area contributed by atoms with Crippen molar-refractivity contribution in [2.24, 2.45) is 0 Å². The van der Waals surface area contributed by atoms with Crippen LogP contribution in [-0.4, -0.2) is 35.7 Å². The Hall–Kier alpha value is -2.34. The minimum Gasteiger partial charge on any atom is -0.479 e. The molecular weight excluding hydrogens is 260 g/mol. The number of rotatable bonds is 4. The van der Waals surface area contributed by atoms with Gasteiger partial charge in [0.05, 0.1) is 6.61 Å². The molecule has 1 aliphatic rings. The maximum absolute atomic E-state index is 11.8. The van der Waals surface area contributed by atoms with Crippen molar-refractivity contribution < 1.29 is 19.4 Å². The average Bonchev–Trinajstić information content (AvgIpc) is 2.88. The van der Waals surface area contributed by atoms with Gasteiger partial charge in [-0.25, -0.2) is 4.79 Å². The predicted octanol–water partition coefficient (Wildman–Crippen LogP) is 0.642. The van der Waals surface area contributed by atoms with Crippen LogP contribution in [0.15, 0.2) is 30.3 Å². The summed E-state index contributed by atoms with van der Waals surface area (Å²) in [4.78, 5) is 23.0. The molecule has 1 fully saturated rings. The number of carboxylic acid groups (broad SMARTS) is 1. The van der Waals surface area contributed by atoms with E-state index in [0.717, 1.165) is 5.56 Å². The number of nitrogen functional groups attached to an aromatic ring is 1. The lowest BCUT2D eigenvalue weighted by Gasteiger charge is -2.22. The Morgan fingerprint density at radius 3 is 2.60 bits per heavy atom. The molecule has 1 aromatic rings. The van der Waals surface area contributed by atoms with Crippen LogP contribution < -0.4 is 11.1 Å². The van der Waals surface area contributed by atoms with Crippen LogP contribution >= 0.6 is 0 Å². The molecule has 0 bridgehead atoms. The number of carbonyl (C=O) groups is 2. The quantitative estimate of drug-likeness (QED) is 0.553. The van der Waals surface area contributed by atoms with Crippen molar-refractivity contribution in [3.8, 4) is 0 Å². The van der Waals surface area contributed by atoms with E-state index >= 15 is 0 Å². The van der Waals surface area contributed by atoms with Crippen LogP contribution in [0, 0.1) is 0 Å². The summed E-state index contributed by atoms with van der Waals surface area (Å²) in [5.74, 6) is -1.54. The van der Waals surface area contributed by atoms with Gasteiger partial charge >= 0.3 is 5.97 Å². The van der Waals surface area contributed by atoms with Gasteiger partial charge in [0.1, 0.15) is 0 Å². The predicted molar refractivity (Wildman–Crippen MR) is 73.8 cm³/mol. The van der Waals surface area contributed by atoms with E-state index in [1.807, 2.05) is 0 Å². The van der Waals surface area contributed by atoms with E-state index in [4.69, 9.17) is 10.5 Å². The number of nitrogens with one attached hydrogen (secondary N) is 1. The number of amides is 1. The normalized spacial score (nSPS) is 22.0. The van der Waals surface area contributed by atoms with Gasteiger partial charge in [-0.05, 0) is 23.8 Å². The molecule has 1 atom stereocenters. The second kappa shape index (κ2) is 5.75. The van der Waals surface area contributed by atoms with E-state index in [-0.39, 0.29) is 13.0 Å². The molecule has 0 radical (unpaired) electrons. The Bertz CT molecular complexity index is 531. The van der Waals surface area contributed by atoms with Crippen LogP contribution in [0.2, 0.25) is 0 Å². The molecule has 20 heavy (non-hydrogen) atoms. The highest BCUT2D eigenvalue weighted by molar-refractivity contribution is 5.96. The zero-order valence-corrected chi connectivity index (χ0v) is 10.8. The molecule has 1 aromatic carbocycles. The fraction of sp³-hybridized carbons (Fsp3) is 0.286. The molecule has 0 saturated carbocycles. The number of hydrogen-bond donors (Lipinski definition) is 3. The highest BCUT2D eigenvalue weighted by atomic mass is 16.5. The van der Waals surface area contributed by atoms with Crippen molar-refractivity contribution in [2.75, 3.05) is 18.9 Å². The molecule has 1 heterocycles. The van der Waals surface area contributed by atoms with Gasteiger partial charge in [-0.3, -0.25) is 4.79 Å². The second-order valence-corrected chi connectivity index (χ2v) is 4.68. The number of carbonyl (C=O) groups excluding carboxylic acids is 1. The third-order valence-electron chi connectivity index (χ3n) is 3.16. The summed E-state index contributed by atoms with van der Waals surface area (Å²) in [7, 11) is 0. The van der Waals surface area contributed by atoms with Crippen molar-refractivity contribution in [3.63, 3.8) is 0 Å². The third kappa shape index (κ3) is 3.16. The first kappa shape index (κ1) is 14.1. The lowest BCUT2D eigenvalue weighted by Crippen LogP contribution is -2.54. The van der Waals surface area contributed by atoms with E-state index in [2.05, 4.69) is 5.32 Å². The second-order valence-electron chi connectivity index (χ2n) is 4.68. The Labute approximate surface area is 116 Å². The summed E-state index contributed by atoms with van der Waals surface area (Å²) in [6.07, 6.45) is 3.17. The monoisotopic (exact) mass is 276 g/mol. The van der Waals surface area contributed by atoms with Crippen LogP contribution in [0.25, 0.3) is 6.08 Å². The molecule has 106 valence electrons. The van der Waals surface area contributed by atoms with E-state index in [1.54, 1.807) is 30.3 Å². The number of aliphatic carboxylic acids is 1. The van der Waals surface area contributed by atoms with Crippen LogP contribution in [0.3, 0.4) is 0 Å². The molecule has 1 unspecified atom stereocenters. The van der Waals surface area contributed by atoms with Gasteiger partial charge in [-0.15, -0.1) is 0 Å². The first-order valence-electron chi connectivity index (χ1n) is 6.19. The summed E-state index contributed by atoms with van der Waals surface area (Å²) >= 11 is 0. The largest absolute Gasteiger partial charge is 0.479 e. The van der Waals surface area contributed by atoms with Gasteiger partial charge in [0, 0.05) is 24.8 Å². The van der Waals surface area contributed by atoms with Gasteiger partial charge in [0.15, 0.2) is 5.54 Å². The molecule has 1 amide bonds. The zero-order chi connectivity index (χ0) is 14.6. The van der Waals surface area contributed by atoms with Crippen LogP contribution in [0.5, 0.6) is 0 Å². The average molecular weight is 276 g/mol. The number of benzene rings is 1. The number of anilines is 1. The minimum absolute atomic E-state index is 0.0101. The van der Waals surface area contributed by atoms with Crippen molar-refractivity contribution in [1.29, 1.82) is 0 Å². The Kier molecular flexibility index (Phi) is 4.05. The fourth-order valence-corrected chi connectivity index (χ4v) is 1.94. The van der Waals surface area contributed by atoms with Crippen molar-refractivity contribution in [1.82, 2.24) is 5.32 Å². The first-order chi connectivity index (χ1) is 9.52. The summed E-state index contributed by atoms with van der Waals surface area (Å²) in [5.41, 5.74) is 5.69. The Balaban J connectivity index is 2.01. The summed E-state index contributed by atoms with van der Waals surface area (Å²) in [6.45, 7) is 0.318. The van der Waals surface area contributed by atoms with Gasteiger partial charge < -0.3 is 20.9 Å². The van der Waals surface area contributed by atoms with Crippen molar-refractivity contribution >= 4 is 23.6 Å². The lowest BCUT2D eigenvalue weighted by molar-refractivity contribution is -0.147. The maximum Gasteiger partial charge on any atom is 0.331 e. The van der Waals surface area contributed by atoms with Crippen LogP contribution in [-0.2, 0) is 14.3 Å². The number of carboxylic acids is 1. The first-order valence-corrected chi connectivity index (χ1v) is 6.19.